The van der Waals surface area contributed by atoms with Crippen molar-refractivity contribution >= 4 is 16.7 Å². The number of fused-ring (bicyclic) bond motifs is 5. The number of pyridine rings is 1. The summed E-state index contributed by atoms with van der Waals surface area (Å²) in [6.45, 7) is 1.87. The summed E-state index contributed by atoms with van der Waals surface area (Å²) < 4.78 is 1.94. The van der Waals surface area contributed by atoms with Gasteiger partial charge < -0.3 is 9.47 Å². The Morgan fingerprint density at radius 2 is 1.68 bits per heavy atom. The Hall–Kier alpha value is -4.17. The van der Waals surface area contributed by atoms with Gasteiger partial charge in [-0.2, -0.15) is 5.26 Å². The van der Waals surface area contributed by atoms with E-state index in [1.165, 1.54) is 0 Å². The molecule has 1 fully saturated rings. The normalized spacial score (nSPS) is 18.9. The number of aromatic nitrogens is 1. The highest BCUT2D eigenvalue weighted by Crippen LogP contribution is 2.36. The van der Waals surface area contributed by atoms with Crippen molar-refractivity contribution in [3.63, 3.8) is 0 Å². The average Bonchev–Trinajstić information content (AvgIpc) is 2.88. The van der Waals surface area contributed by atoms with E-state index in [-0.39, 0.29) is 23.3 Å². The quantitative estimate of drug-likeness (QED) is 0.445. The number of amides is 1. The summed E-state index contributed by atoms with van der Waals surface area (Å²) in [5, 5.41) is 11.3. The number of carbonyl (C=O) groups is 1. The molecule has 2 aliphatic rings. The van der Waals surface area contributed by atoms with Gasteiger partial charge in [0.05, 0.1) is 11.6 Å². The third kappa shape index (κ3) is 3.39. The van der Waals surface area contributed by atoms with Crippen LogP contribution in [0.2, 0.25) is 0 Å². The van der Waals surface area contributed by atoms with Crippen molar-refractivity contribution in [3.05, 3.63) is 106 Å². The van der Waals surface area contributed by atoms with Crippen molar-refractivity contribution in [2.75, 3.05) is 13.1 Å². The zero-order chi connectivity index (χ0) is 23.2. The molecule has 1 amide bonds. The number of rotatable bonds is 2. The highest BCUT2D eigenvalue weighted by molar-refractivity contribution is 5.94. The van der Waals surface area contributed by atoms with Crippen LogP contribution in [0.15, 0.2) is 83.7 Å². The number of benzene rings is 3. The number of likely N-dealkylation sites (tertiary alicyclic amines) is 1. The number of nitriles is 1. The highest BCUT2D eigenvalue weighted by Gasteiger charge is 2.37. The molecule has 0 radical (unpaired) electrons. The van der Waals surface area contributed by atoms with Crippen molar-refractivity contribution in [1.82, 2.24) is 9.47 Å². The van der Waals surface area contributed by atoms with Crippen molar-refractivity contribution in [3.8, 4) is 17.2 Å². The summed E-state index contributed by atoms with van der Waals surface area (Å²) >= 11 is 0. The fraction of sp³-hybridized carbons (Fsp3) is 0.207. The Morgan fingerprint density at radius 3 is 2.47 bits per heavy atom. The number of piperidine rings is 1. The molecule has 1 saturated heterocycles. The van der Waals surface area contributed by atoms with E-state index < -0.39 is 0 Å². The van der Waals surface area contributed by atoms with E-state index in [4.69, 9.17) is 5.26 Å². The van der Waals surface area contributed by atoms with Crippen molar-refractivity contribution in [2.24, 2.45) is 5.92 Å². The van der Waals surface area contributed by atoms with Crippen molar-refractivity contribution in [2.45, 2.75) is 18.9 Å². The molecule has 6 rings (SSSR count). The molecule has 0 aliphatic carbocycles. The lowest BCUT2D eigenvalue weighted by atomic mass is 9.82. The molecular weight excluding hydrogens is 422 g/mol. The predicted molar refractivity (Wildman–Crippen MR) is 132 cm³/mol. The maximum absolute atomic E-state index is 13.5. The van der Waals surface area contributed by atoms with Gasteiger partial charge in [-0.05, 0) is 71.1 Å². The van der Waals surface area contributed by atoms with Gasteiger partial charge in [0.25, 0.3) is 11.5 Å². The summed E-state index contributed by atoms with van der Waals surface area (Å²) in [5.41, 5.74) is 3.87. The van der Waals surface area contributed by atoms with Gasteiger partial charge >= 0.3 is 0 Å². The predicted octanol–water partition coefficient (Wildman–Crippen LogP) is 4.80. The van der Waals surface area contributed by atoms with E-state index in [0.29, 0.717) is 30.8 Å². The number of hydrogen-bond acceptors (Lipinski definition) is 3. The number of carbonyl (C=O) groups excluding carboxylic acids is 1. The molecule has 2 bridgehead atoms. The van der Waals surface area contributed by atoms with Crippen LogP contribution in [0.3, 0.4) is 0 Å². The summed E-state index contributed by atoms with van der Waals surface area (Å²) in [4.78, 5) is 28.6. The molecule has 0 saturated carbocycles. The Kier molecular flexibility index (Phi) is 4.81. The minimum absolute atomic E-state index is 0.0113. The van der Waals surface area contributed by atoms with Gasteiger partial charge in [0.1, 0.15) is 0 Å². The van der Waals surface area contributed by atoms with E-state index in [1.54, 1.807) is 24.3 Å². The molecule has 5 nitrogen and oxygen atoms in total. The van der Waals surface area contributed by atoms with Crippen LogP contribution in [0, 0.1) is 17.2 Å². The van der Waals surface area contributed by atoms with Gasteiger partial charge in [-0.25, -0.2) is 0 Å². The number of hydrogen-bond donors (Lipinski definition) is 0. The van der Waals surface area contributed by atoms with Gasteiger partial charge in [0.2, 0.25) is 0 Å². The second kappa shape index (κ2) is 8.00. The Morgan fingerprint density at radius 1 is 0.882 bits per heavy atom. The van der Waals surface area contributed by atoms with Crippen LogP contribution in [-0.4, -0.2) is 28.5 Å². The summed E-state index contributed by atoms with van der Waals surface area (Å²) in [5.74, 6) is 0.383. The van der Waals surface area contributed by atoms with Crippen LogP contribution < -0.4 is 5.56 Å². The summed E-state index contributed by atoms with van der Waals surface area (Å²) in [6, 6.07) is 27.3. The van der Waals surface area contributed by atoms with Gasteiger partial charge in [0.15, 0.2) is 0 Å². The molecule has 2 atom stereocenters. The van der Waals surface area contributed by atoms with Crippen molar-refractivity contribution in [1.29, 1.82) is 5.26 Å². The molecule has 2 aliphatic heterocycles. The first-order valence-electron chi connectivity index (χ1n) is 11.6. The third-order valence-corrected chi connectivity index (χ3v) is 7.21. The molecule has 4 aromatic rings. The fourth-order valence-electron chi connectivity index (χ4n) is 5.56. The molecule has 34 heavy (non-hydrogen) atoms. The largest absolute Gasteiger partial charge is 0.338 e. The molecule has 166 valence electrons. The molecule has 3 aromatic carbocycles. The second-order valence-electron chi connectivity index (χ2n) is 9.35. The molecule has 0 spiro atoms. The van der Waals surface area contributed by atoms with Crippen LogP contribution in [0.4, 0.5) is 0 Å². The highest BCUT2D eigenvalue weighted by atomic mass is 16.2. The standard InChI is InChI=1S/C29H23N3O2/c30-15-19-5-7-22(8-6-19)28(33)31-16-20-13-25(18-31)27-12-11-26(29(34)32(27)17-20)24-10-9-21-3-1-2-4-23(21)14-24/h1-12,14,20,25H,13,16-18H2/t20-,25-/m1/s1. The maximum Gasteiger partial charge on any atom is 0.258 e. The van der Waals surface area contributed by atoms with E-state index in [2.05, 4.69) is 36.4 Å². The first-order chi connectivity index (χ1) is 16.6. The Labute approximate surface area is 197 Å². The first kappa shape index (κ1) is 20.4. The minimum atomic E-state index is -0.0113. The molecular formula is C29H23N3O2. The van der Waals surface area contributed by atoms with Gasteiger partial charge in [-0.1, -0.05) is 36.4 Å². The second-order valence-corrected chi connectivity index (χ2v) is 9.35. The summed E-state index contributed by atoms with van der Waals surface area (Å²) in [6.07, 6.45) is 0.992. The Balaban J connectivity index is 1.31. The smallest absolute Gasteiger partial charge is 0.258 e. The van der Waals surface area contributed by atoms with E-state index in [9.17, 15) is 9.59 Å². The topological polar surface area (TPSA) is 66.1 Å². The maximum atomic E-state index is 13.5. The van der Waals surface area contributed by atoms with Crippen LogP contribution >= 0.6 is 0 Å². The van der Waals surface area contributed by atoms with Crippen LogP contribution in [0.1, 0.15) is 34.0 Å². The molecule has 0 unspecified atom stereocenters. The van der Waals surface area contributed by atoms with E-state index in [0.717, 1.165) is 34.0 Å². The van der Waals surface area contributed by atoms with E-state index in [1.807, 2.05) is 33.7 Å². The fourth-order valence-corrected chi connectivity index (χ4v) is 5.56. The lowest BCUT2D eigenvalue weighted by Crippen LogP contribution is -2.49. The monoisotopic (exact) mass is 445 g/mol. The first-order valence-corrected chi connectivity index (χ1v) is 11.6. The zero-order valence-electron chi connectivity index (χ0n) is 18.6. The minimum Gasteiger partial charge on any atom is -0.338 e. The summed E-state index contributed by atoms with van der Waals surface area (Å²) in [7, 11) is 0. The molecule has 5 heteroatoms. The Bertz CT molecular complexity index is 1530. The lowest BCUT2D eigenvalue weighted by Gasteiger charge is -2.43. The zero-order valence-corrected chi connectivity index (χ0v) is 18.6. The van der Waals surface area contributed by atoms with Gasteiger partial charge in [-0.15, -0.1) is 0 Å². The average molecular weight is 446 g/mol. The van der Waals surface area contributed by atoms with E-state index >= 15 is 0 Å². The lowest BCUT2D eigenvalue weighted by molar-refractivity contribution is 0.0594. The van der Waals surface area contributed by atoms with Crippen LogP contribution in [0.25, 0.3) is 21.9 Å². The molecule has 3 heterocycles. The van der Waals surface area contributed by atoms with Gasteiger partial charge in [0, 0.05) is 42.4 Å². The SMILES string of the molecule is N#Cc1ccc(C(=O)N2C[C@H]3C[C@H](C2)c2ccc(-c4ccc5ccccc5c4)c(=O)n2C3)cc1. The molecule has 1 aromatic heterocycles. The van der Waals surface area contributed by atoms with Crippen LogP contribution in [-0.2, 0) is 6.54 Å². The molecule has 0 N–H and O–H groups in total. The number of nitrogens with zero attached hydrogens (tertiary/aromatic N) is 3. The van der Waals surface area contributed by atoms with Crippen molar-refractivity contribution < 1.29 is 4.79 Å². The van der Waals surface area contributed by atoms with Gasteiger partial charge in [-0.3, -0.25) is 9.59 Å². The van der Waals surface area contributed by atoms with Crippen LogP contribution in [0.5, 0.6) is 0 Å². The third-order valence-electron chi connectivity index (χ3n) is 7.21.